The number of nitrogens with zero attached hydrogens (tertiary/aromatic N) is 2. The summed E-state index contributed by atoms with van der Waals surface area (Å²) in [5.41, 5.74) is 6.02. The standard InChI is InChI=1S/C29H31N3/c1-22(30-25-16-18-32(19-17-25)21-23-10-4-2-5-11-23)27-20-29(24-12-6-3-7-13-24)31-28-15-9-8-14-26(27)28/h2-15,20,22,25,30H,16-19,21H2,1H3. The first kappa shape index (κ1) is 20.9. The number of aromatic nitrogens is 1. The zero-order valence-electron chi connectivity index (χ0n) is 18.7. The Labute approximate surface area is 191 Å². The maximum absolute atomic E-state index is 4.95. The SMILES string of the molecule is CC(NC1CCN(Cc2ccccc2)CC1)c1cc(-c2ccccc2)nc2ccccc12. The van der Waals surface area contributed by atoms with Gasteiger partial charge in [-0.2, -0.15) is 0 Å². The molecule has 0 aliphatic carbocycles. The van der Waals surface area contributed by atoms with Gasteiger partial charge in [0.1, 0.15) is 0 Å². The van der Waals surface area contributed by atoms with Gasteiger partial charge in [-0.3, -0.25) is 4.90 Å². The molecule has 0 amide bonds. The largest absolute Gasteiger partial charge is 0.307 e. The average molecular weight is 422 g/mol. The van der Waals surface area contributed by atoms with Gasteiger partial charge >= 0.3 is 0 Å². The molecule has 1 aromatic heterocycles. The van der Waals surface area contributed by atoms with E-state index in [-0.39, 0.29) is 6.04 Å². The number of rotatable bonds is 6. The minimum absolute atomic E-state index is 0.274. The third-order valence-corrected chi connectivity index (χ3v) is 6.61. The van der Waals surface area contributed by atoms with E-state index in [1.165, 1.54) is 34.9 Å². The summed E-state index contributed by atoms with van der Waals surface area (Å²) in [5, 5.41) is 5.18. The number of hydrogen-bond acceptors (Lipinski definition) is 3. The summed E-state index contributed by atoms with van der Waals surface area (Å²) in [4.78, 5) is 7.53. The van der Waals surface area contributed by atoms with E-state index >= 15 is 0 Å². The van der Waals surface area contributed by atoms with Crippen molar-refractivity contribution in [1.82, 2.24) is 15.2 Å². The summed E-state index contributed by atoms with van der Waals surface area (Å²) >= 11 is 0. The van der Waals surface area contributed by atoms with Gasteiger partial charge in [0.05, 0.1) is 11.2 Å². The molecular weight excluding hydrogens is 390 g/mol. The number of likely N-dealkylation sites (tertiary alicyclic amines) is 1. The number of hydrogen-bond donors (Lipinski definition) is 1. The van der Waals surface area contributed by atoms with Crippen molar-refractivity contribution in [3.63, 3.8) is 0 Å². The molecule has 5 rings (SSSR count). The molecule has 1 aliphatic heterocycles. The summed E-state index contributed by atoms with van der Waals surface area (Å²) in [6.07, 6.45) is 2.37. The van der Waals surface area contributed by atoms with Gasteiger partial charge in [0.25, 0.3) is 0 Å². The summed E-state index contributed by atoms with van der Waals surface area (Å²) in [6, 6.07) is 32.9. The Bertz CT molecular complexity index is 1150. The molecule has 0 bridgehead atoms. The van der Waals surface area contributed by atoms with Crippen molar-refractivity contribution in [3.05, 3.63) is 102 Å². The molecule has 1 aliphatic rings. The molecule has 0 saturated carbocycles. The van der Waals surface area contributed by atoms with Crippen molar-refractivity contribution in [2.75, 3.05) is 13.1 Å². The molecule has 1 N–H and O–H groups in total. The normalized spacial score (nSPS) is 16.3. The van der Waals surface area contributed by atoms with Crippen molar-refractivity contribution in [3.8, 4) is 11.3 Å². The third kappa shape index (κ3) is 4.74. The molecule has 2 heterocycles. The third-order valence-electron chi connectivity index (χ3n) is 6.61. The van der Waals surface area contributed by atoms with E-state index in [9.17, 15) is 0 Å². The van der Waals surface area contributed by atoms with Crippen LogP contribution in [0.15, 0.2) is 91.0 Å². The lowest BCUT2D eigenvalue weighted by molar-refractivity contribution is 0.185. The van der Waals surface area contributed by atoms with Crippen LogP contribution in [0.4, 0.5) is 0 Å². The van der Waals surface area contributed by atoms with Crippen molar-refractivity contribution in [2.45, 2.75) is 38.4 Å². The molecule has 0 spiro atoms. The highest BCUT2D eigenvalue weighted by atomic mass is 15.1. The van der Waals surface area contributed by atoms with Crippen LogP contribution in [0, 0.1) is 0 Å². The van der Waals surface area contributed by atoms with Crippen molar-refractivity contribution in [2.24, 2.45) is 0 Å². The average Bonchev–Trinajstić information content (AvgIpc) is 2.85. The Kier molecular flexibility index (Phi) is 6.29. The van der Waals surface area contributed by atoms with Gasteiger partial charge in [-0.15, -0.1) is 0 Å². The van der Waals surface area contributed by atoms with Crippen LogP contribution in [-0.4, -0.2) is 29.0 Å². The molecule has 3 nitrogen and oxygen atoms in total. The number of nitrogens with one attached hydrogen (secondary N) is 1. The molecule has 0 radical (unpaired) electrons. The molecule has 1 saturated heterocycles. The molecule has 3 heteroatoms. The van der Waals surface area contributed by atoms with E-state index in [1.807, 2.05) is 0 Å². The zero-order valence-corrected chi connectivity index (χ0v) is 18.7. The molecule has 162 valence electrons. The fourth-order valence-corrected chi connectivity index (χ4v) is 4.86. The molecule has 1 unspecified atom stereocenters. The van der Waals surface area contributed by atoms with E-state index in [2.05, 4.69) is 108 Å². The first-order valence-electron chi connectivity index (χ1n) is 11.7. The summed E-state index contributed by atoms with van der Waals surface area (Å²) < 4.78 is 0. The smallest absolute Gasteiger partial charge is 0.0713 e. The van der Waals surface area contributed by atoms with Gasteiger partial charge in [0.15, 0.2) is 0 Å². The highest BCUT2D eigenvalue weighted by molar-refractivity contribution is 5.85. The van der Waals surface area contributed by atoms with Gasteiger partial charge in [-0.05, 0) is 56.1 Å². The van der Waals surface area contributed by atoms with E-state index in [1.54, 1.807) is 0 Å². The van der Waals surface area contributed by atoms with E-state index in [0.29, 0.717) is 6.04 Å². The lowest BCUT2D eigenvalue weighted by Gasteiger charge is -2.34. The lowest BCUT2D eigenvalue weighted by Crippen LogP contribution is -2.43. The van der Waals surface area contributed by atoms with E-state index < -0.39 is 0 Å². The maximum Gasteiger partial charge on any atom is 0.0713 e. The molecule has 1 fully saturated rings. The van der Waals surface area contributed by atoms with Gasteiger partial charge in [0, 0.05) is 29.6 Å². The first-order chi connectivity index (χ1) is 15.8. The lowest BCUT2D eigenvalue weighted by atomic mass is 9.97. The highest BCUT2D eigenvalue weighted by Gasteiger charge is 2.22. The van der Waals surface area contributed by atoms with Crippen LogP contribution in [-0.2, 0) is 6.54 Å². The number of pyridine rings is 1. The summed E-state index contributed by atoms with van der Waals surface area (Å²) in [7, 11) is 0. The van der Waals surface area contributed by atoms with Crippen LogP contribution in [0.3, 0.4) is 0 Å². The second-order valence-electron chi connectivity index (χ2n) is 8.90. The molecule has 1 atom stereocenters. The number of fused-ring (bicyclic) bond motifs is 1. The van der Waals surface area contributed by atoms with Crippen LogP contribution in [0.1, 0.15) is 36.9 Å². The monoisotopic (exact) mass is 421 g/mol. The van der Waals surface area contributed by atoms with Crippen molar-refractivity contribution < 1.29 is 0 Å². The quantitative estimate of drug-likeness (QED) is 0.401. The predicted octanol–water partition coefficient (Wildman–Crippen LogP) is 6.22. The van der Waals surface area contributed by atoms with E-state index in [4.69, 9.17) is 4.98 Å². The Hall–Kier alpha value is -3.01. The maximum atomic E-state index is 4.95. The highest BCUT2D eigenvalue weighted by Crippen LogP contribution is 2.29. The first-order valence-corrected chi connectivity index (χ1v) is 11.7. The Balaban J connectivity index is 1.30. The molecular formula is C29H31N3. The fourth-order valence-electron chi connectivity index (χ4n) is 4.86. The summed E-state index contributed by atoms with van der Waals surface area (Å²) in [6.45, 7) is 5.64. The number of benzene rings is 3. The Morgan fingerprint density at radius 2 is 1.53 bits per heavy atom. The van der Waals surface area contributed by atoms with Crippen LogP contribution >= 0.6 is 0 Å². The number of para-hydroxylation sites is 1. The second-order valence-corrected chi connectivity index (χ2v) is 8.90. The number of piperidine rings is 1. The second kappa shape index (κ2) is 9.64. The molecule has 4 aromatic rings. The van der Waals surface area contributed by atoms with Crippen LogP contribution in [0.5, 0.6) is 0 Å². The zero-order chi connectivity index (χ0) is 21.8. The minimum Gasteiger partial charge on any atom is -0.307 e. The molecule has 32 heavy (non-hydrogen) atoms. The van der Waals surface area contributed by atoms with Gasteiger partial charge in [0.2, 0.25) is 0 Å². The predicted molar refractivity (Wildman–Crippen MR) is 133 cm³/mol. The topological polar surface area (TPSA) is 28.2 Å². The fraction of sp³-hybridized carbons (Fsp3) is 0.276. The van der Waals surface area contributed by atoms with Crippen LogP contribution in [0.2, 0.25) is 0 Å². The van der Waals surface area contributed by atoms with Crippen LogP contribution < -0.4 is 5.32 Å². The minimum atomic E-state index is 0.274. The van der Waals surface area contributed by atoms with Gasteiger partial charge in [-0.1, -0.05) is 78.9 Å². The van der Waals surface area contributed by atoms with Crippen molar-refractivity contribution in [1.29, 1.82) is 0 Å². The van der Waals surface area contributed by atoms with Crippen molar-refractivity contribution >= 4 is 10.9 Å². The van der Waals surface area contributed by atoms with Crippen LogP contribution in [0.25, 0.3) is 22.2 Å². The Morgan fingerprint density at radius 1 is 0.875 bits per heavy atom. The summed E-state index contributed by atoms with van der Waals surface area (Å²) in [5.74, 6) is 0. The van der Waals surface area contributed by atoms with Gasteiger partial charge in [-0.25, -0.2) is 4.98 Å². The van der Waals surface area contributed by atoms with E-state index in [0.717, 1.165) is 30.8 Å². The Morgan fingerprint density at radius 3 is 2.28 bits per heavy atom. The van der Waals surface area contributed by atoms with Gasteiger partial charge < -0.3 is 5.32 Å². The molecule has 3 aromatic carbocycles.